The molecular formula is C22H25N7O3. The molecule has 4 atom stereocenters. The normalized spacial score (nSPS) is 25.1. The van der Waals surface area contributed by atoms with E-state index in [1.807, 2.05) is 18.1 Å². The van der Waals surface area contributed by atoms with Crippen molar-refractivity contribution >= 4 is 23.0 Å². The Morgan fingerprint density at radius 3 is 2.72 bits per heavy atom. The van der Waals surface area contributed by atoms with Crippen LogP contribution in [0.25, 0.3) is 22.4 Å². The van der Waals surface area contributed by atoms with E-state index >= 15 is 0 Å². The standard InChI is InChI=1S/C22H25N7O3/c1-28-7-12(4-25-28)17-6-24-20-19(26-17)13(5-23-20)21(31)27-18(11-2-3-11)22(32)29-8-14-15(9-29)16(14)10-30/h4-7,11,14-16,18,30H,2-3,8-10H2,1H3,(H,23,24)(H,27,31)/t14-,15+,16?,18-/m1/s1. The van der Waals surface area contributed by atoms with Gasteiger partial charge in [0.05, 0.1) is 23.7 Å². The Bertz CT molecular complexity index is 1200. The highest BCUT2D eigenvalue weighted by Gasteiger charge is 2.57. The van der Waals surface area contributed by atoms with Crippen molar-refractivity contribution in [1.29, 1.82) is 0 Å². The number of aryl methyl sites for hydroxylation is 1. The Morgan fingerprint density at radius 1 is 1.28 bits per heavy atom. The number of piperidine rings is 1. The van der Waals surface area contributed by atoms with Crippen LogP contribution >= 0.6 is 0 Å². The number of aromatic amines is 1. The van der Waals surface area contributed by atoms with Crippen molar-refractivity contribution in [2.75, 3.05) is 19.7 Å². The number of nitrogens with one attached hydrogen (secondary N) is 2. The van der Waals surface area contributed by atoms with Gasteiger partial charge in [0.25, 0.3) is 5.91 Å². The van der Waals surface area contributed by atoms with E-state index in [1.165, 1.54) is 0 Å². The van der Waals surface area contributed by atoms with Crippen LogP contribution in [0.15, 0.2) is 24.8 Å². The summed E-state index contributed by atoms with van der Waals surface area (Å²) in [5, 5.41) is 16.5. The molecule has 10 nitrogen and oxygen atoms in total. The van der Waals surface area contributed by atoms with Gasteiger partial charge in [0, 0.05) is 44.7 Å². The molecule has 0 bridgehead atoms. The van der Waals surface area contributed by atoms with Crippen molar-refractivity contribution in [2.24, 2.45) is 30.7 Å². The summed E-state index contributed by atoms with van der Waals surface area (Å²) in [4.78, 5) is 40.3. The van der Waals surface area contributed by atoms with Crippen LogP contribution in [0.4, 0.5) is 0 Å². The molecular weight excluding hydrogens is 410 g/mol. The number of aliphatic hydroxyl groups excluding tert-OH is 1. The Labute approximate surface area is 184 Å². The molecule has 1 saturated heterocycles. The van der Waals surface area contributed by atoms with Crippen LogP contribution in [0.2, 0.25) is 0 Å². The number of rotatable bonds is 6. The molecule has 32 heavy (non-hydrogen) atoms. The van der Waals surface area contributed by atoms with E-state index in [0.29, 0.717) is 53.3 Å². The monoisotopic (exact) mass is 435 g/mol. The molecule has 3 aliphatic rings. The van der Waals surface area contributed by atoms with Crippen molar-refractivity contribution < 1.29 is 14.7 Å². The van der Waals surface area contributed by atoms with Crippen LogP contribution in [0.1, 0.15) is 23.2 Å². The summed E-state index contributed by atoms with van der Waals surface area (Å²) in [6, 6.07) is -0.521. The Morgan fingerprint density at radius 2 is 2.06 bits per heavy atom. The summed E-state index contributed by atoms with van der Waals surface area (Å²) >= 11 is 0. The minimum absolute atomic E-state index is 0.00767. The fraction of sp³-hybridized carbons (Fsp3) is 0.500. The molecule has 1 unspecified atom stereocenters. The van der Waals surface area contributed by atoms with E-state index in [2.05, 4.69) is 25.4 Å². The number of amides is 2. The first-order chi connectivity index (χ1) is 15.5. The Balaban J connectivity index is 1.22. The third-order valence-electron chi connectivity index (χ3n) is 7.17. The molecule has 3 aromatic heterocycles. The van der Waals surface area contributed by atoms with Gasteiger partial charge < -0.3 is 20.3 Å². The van der Waals surface area contributed by atoms with Crippen molar-refractivity contribution in [2.45, 2.75) is 18.9 Å². The molecule has 10 heteroatoms. The van der Waals surface area contributed by atoms with Crippen molar-refractivity contribution in [3.05, 3.63) is 30.4 Å². The summed E-state index contributed by atoms with van der Waals surface area (Å²) in [6.07, 6.45) is 8.66. The average Bonchev–Trinajstić information content (AvgIpc) is 3.56. The molecule has 1 aliphatic heterocycles. The number of carbonyl (C=O) groups excluding carboxylic acids is 2. The van der Waals surface area contributed by atoms with Crippen molar-refractivity contribution in [3.63, 3.8) is 0 Å². The number of aliphatic hydroxyl groups is 1. The zero-order chi connectivity index (χ0) is 22.0. The highest BCUT2D eigenvalue weighted by atomic mass is 16.3. The quantitative estimate of drug-likeness (QED) is 0.519. The van der Waals surface area contributed by atoms with E-state index < -0.39 is 6.04 Å². The molecule has 3 N–H and O–H groups in total. The van der Waals surface area contributed by atoms with Crippen molar-refractivity contribution in [3.8, 4) is 11.3 Å². The van der Waals surface area contributed by atoms with Gasteiger partial charge in [0.2, 0.25) is 5.91 Å². The number of carbonyl (C=O) groups is 2. The van der Waals surface area contributed by atoms with E-state index in [4.69, 9.17) is 0 Å². The van der Waals surface area contributed by atoms with E-state index in [0.717, 1.165) is 18.4 Å². The second-order valence-corrected chi connectivity index (χ2v) is 9.26. The van der Waals surface area contributed by atoms with Gasteiger partial charge in [-0.05, 0) is 36.5 Å². The molecule has 166 valence electrons. The fourth-order valence-corrected chi connectivity index (χ4v) is 5.08. The summed E-state index contributed by atoms with van der Waals surface area (Å²) in [7, 11) is 1.83. The largest absolute Gasteiger partial charge is 0.396 e. The number of nitrogens with zero attached hydrogens (tertiary/aromatic N) is 5. The number of likely N-dealkylation sites (tertiary alicyclic amines) is 1. The van der Waals surface area contributed by atoms with Gasteiger partial charge in [-0.25, -0.2) is 9.97 Å². The maximum atomic E-state index is 13.2. The molecule has 0 radical (unpaired) electrons. The van der Waals surface area contributed by atoms with Gasteiger partial charge >= 0.3 is 0 Å². The number of aromatic nitrogens is 5. The third kappa shape index (κ3) is 3.17. The highest BCUT2D eigenvalue weighted by molar-refractivity contribution is 6.06. The number of H-pyrrole nitrogens is 1. The van der Waals surface area contributed by atoms with E-state index in [1.54, 1.807) is 23.3 Å². The molecule has 0 aromatic carbocycles. The van der Waals surface area contributed by atoms with Crippen LogP contribution in [-0.2, 0) is 11.8 Å². The predicted octanol–water partition coefficient (Wildman–Crippen LogP) is 0.563. The minimum atomic E-state index is -0.521. The number of hydrogen-bond acceptors (Lipinski definition) is 6. The average molecular weight is 435 g/mol. The van der Waals surface area contributed by atoms with Gasteiger partial charge in [0.1, 0.15) is 11.6 Å². The minimum Gasteiger partial charge on any atom is -0.396 e. The van der Waals surface area contributed by atoms with Gasteiger partial charge in [-0.2, -0.15) is 5.10 Å². The van der Waals surface area contributed by atoms with Crippen LogP contribution in [0.3, 0.4) is 0 Å². The maximum absolute atomic E-state index is 13.2. The third-order valence-corrected chi connectivity index (χ3v) is 7.17. The SMILES string of the molecule is Cn1cc(-c2cnc3[nH]cc(C(=O)N[C@@H](C(=O)N4C[C@@H]5C(CO)[C@@H]5C4)C4CC4)c3n2)cn1. The molecule has 2 aliphatic carbocycles. The summed E-state index contributed by atoms with van der Waals surface area (Å²) in [5.41, 5.74) is 2.81. The lowest BCUT2D eigenvalue weighted by molar-refractivity contribution is -0.133. The predicted molar refractivity (Wildman–Crippen MR) is 114 cm³/mol. The van der Waals surface area contributed by atoms with Crippen LogP contribution in [0.5, 0.6) is 0 Å². The Hall–Kier alpha value is -3.27. The topological polar surface area (TPSA) is 129 Å². The zero-order valence-electron chi connectivity index (χ0n) is 17.7. The van der Waals surface area contributed by atoms with E-state index in [9.17, 15) is 14.7 Å². The van der Waals surface area contributed by atoms with Crippen LogP contribution in [-0.4, -0.2) is 72.3 Å². The Kier molecular flexibility index (Phi) is 4.32. The lowest BCUT2D eigenvalue weighted by Crippen LogP contribution is -2.50. The van der Waals surface area contributed by atoms with Gasteiger partial charge in [0.15, 0.2) is 5.65 Å². The van der Waals surface area contributed by atoms with Crippen molar-refractivity contribution in [1.82, 2.24) is 34.9 Å². The lowest BCUT2D eigenvalue weighted by atomic mass is 10.1. The molecule has 2 saturated carbocycles. The van der Waals surface area contributed by atoms with Gasteiger partial charge in [-0.3, -0.25) is 14.3 Å². The molecule has 6 rings (SSSR count). The van der Waals surface area contributed by atoms with Gasteiger partial charge in [-0.15, -0.1) is 0 Å². The van der Waals surface area contributed by atoms with Crippen LogP contribution < -0.4 is 5.32 Å². The first kappa shape index (κ1) is 19.4. The van der Waals surface area contributed by atoms with Crippen LogP contribution in [0, 0.1) is 23.7 Å². The smallest absolute Gasteiger partial charge is 0.255 e. The number of hydrogen-bond donors (Lipinski definition) is 3. The summed E-state index contributed by atoms with van der Waals surface area (Å²) in [6.45, 7) is 1.56. The van der Waals surface area contributed by atoms with Gasteiger partial charge in [-0.1, -0.05) is 0 Å². The molecule has 4 heterocycles. The second kappa shape index (κ2) is 7.13. The number of fused-ring (bicyclic) bond motifs is 2. The molecule has 3 fully saturated rings. The highest BCUT2D eigenvalue weighted by Crippen LogP contribution is 2.51. The fourth-order valence-electron chi connectivity index (χ4n) is 5.08. The molecule has 0 spiro atoms. The molecule has 2 amide bonds. The maximum Gasteiger partial charge on any atom is 0.255 e. The zero-order valence-corrected chi connectivity index (χ0v) is 17.7. The van der Waals surface area contributed by atoms with E-state index in [-0.39, 0.29) is 24.3 Å². The first-order valence-electron chi connectivity index (χ1n) is 11.1. The molecule has 3 aromatic rings. The lowest BCUT2D eigenvalue weighted by Gasteiger charge is -2.26. The summed E-state index contributed by atoms with van der Waals surface area (Å²) < 4.78 is 1.68. The summed E-state index contributed by atoms with van der Waals surface area (Å²) in [5.74, 6) is 1.01. The first-order valence-corrected chi connectivity index (χ1v) is 11.1. The second-order valence-electron chi connectivity index (χ2n) is 9.26.